The van der Waals surface area contributed by atoms with Crippen molar-refractivity contribution in [1.82, 2.24) is 5.32 Å². The van der Waals surface area contributed by atoms with E-state index in [-0.39, 0.29) is 11.7 Å². The molecule has 0 saturated carbocycles. The number of carbonyl (C=O) groups excluding carboxylic acids is 1. The van der Waals surface area contributed by atoms with Gasteiger partial charge in [0, 0.05) is 13.0 Å². The van der Waals surface area contributed by atoms with Gasteiger partial charge in [0.05, 0.1) is 6.10 Å². The zero-order valence-electron chi connectivity index (χ0n) is 17.7. The van der Waals surface area contributed by atoms with Crippen molar-refractivity contribution in [3.63, 3.8) is 0 Å². The van der Waals surface area contributed by atoms with Gasteiger partial charge in [-0.05, 0) is 45.1 Å². The average Bonchev–Trinajstić information content (AvgIpc) is 2.69. The first kappa shape index (κ1) is 26.6. The van der Waals surface area contributed by atoms with E-state index in [9.17, 15) is 20.1 Å². The van der Waals surface area contributed by atoms with E-state index in [4.69, 9.17) is 0 Å². The second-order valence-corrected chi connectivity index (χ2v) is 6.48. The van der Waals surface area contributed by atoms with Crippen molar-refractivity contribution in [1.29, 1.82) is 0 Å². The number of carbonyl (C=O) groups is 1. The van der Waals surface area contributed by atoms with Crippen LogP contribution in [0.4, 0.5) is 0 Å². The number of allylic oxidation sites excluding steroid dienone is 9. The van der Waals surface area contributed by atoms with E-state index < -0.39 is 12.2 Å². The molecule has 2 atom stereocenters. The third-order valence-electron chi connectivity index (χ3n) is 3.85. The van der Waals surface area contributed by atoms with Crippen LogP contribution in [0.1, 0.15) is 52.4 Å². The fourth-order valence-electron chi connectivity index (χ4n) is 2.28. The van der Waals surface area contributed by atoms with Gasteiger partial charge in [-0.3, -0.25) is 4.79 Å². The van der Waals surface area contributed by atoms with Crippen molar-refractivity contribution in [2.45, 2.75) is 64.6 Å². The van der Waals surface area contributed by atoms with E-state index in [2.05, 4.69) is 12.2 Å². The minimum absolute atomic E-state index is 0.0643. The summed E-state index contributed by atoms with van der Waals surface area (Å²) in [5, 5.41) is 32.0. The Bertz CT molecular complexity index is 600. The van der Waals surface area contributed by atoms with Gasteiger partial charge in [0.1, 0.15) is 11.9 Å². The highest BCUT2D eigenvalue weighted by Gasteiger charge is 2.08. The molecule has 0 fully saturated rings. The molecule has 5 heteroatoms. The van der Waals surface area contributed by atoms with Crippen LogP contribution in [-0.2, 0) is 4.79 Å². The van der Waals surface area contributed by atoms with Crippen molar-refractivity contribution in [2.24, 2.45) is 0 Å². The standard InChI is InChI=1S/C24H37NO4/c1-3-5-12-16-21(26)17-13-10-8-6-7-9-11-14-18-22(27)23(28)19-15-20-24(29)25-4-2/h5-13,17,19,21-22,26-28H,3-4,14-16,18,20H2,1-2H3,(H,25,29)/b7-6+,10-8-,11-9+,12-5-,17-13+,23-19-/t21-,22+/m0/s1. The topological polar surface area (TPSA) is 89.8 Å². The molecule has 0 aromatic carbocycles. The van der Waals surface area contributed by atoms with Crippen LogP contribution in [0.25, 0.3) is 0 Å². The lowest BCUT2D eigenvalue weighted by atomic mass is 10.1. The molecule has 162 valence electrons. The molecule has 0 aliphatic rings. The van der Waals surface area contributed by atoms with Gasteiger partial charge in [-0.1, -0.05) is 67.7 Å². The van der Waals surface area contributed by atoms with Crippen LogP contribution in [0.15, 0.2) is 72.6 Å². The second kappa shape index (κ2) is 19.0. The Morgan fingerprint density at radius 3 is 2.31 bits per heavy atom. The molecule has 0 aliphatic heterocycles. The van der Waals surface area contributed by atoms with Crippen LogP contribution < -0.4 is 5.32 Å². The van der Waals surface area contributed by atoms with E-state index in [0.717, 1.165) is 6.42 Å². The largest absolute Gasteiger partial charge is 0.510 e. The molecule has 29 heavy (non-hydrogen) atoms. The van der Waals surface area contributed by atoms with Crippen molar-refractivity contribution < 1.29 is 20.1 Å². The molecule has 0 unspecified atom stereocenters. The van der Waals surface area contributed by atoms with Crippen LogP contribution in [-0.4, -0.2) is 40.0 Å². The molecule has 0 aromatic heterocycles. The van der Waals surface area contributed by atoms with Gasteiger partial charge in [-0.2, -0.15) is 0 Å². The lowest BCUT2D eigenvalue weighted by Gasteiger charge is -2.08. The highest BCUT2D eigenvalue weighted by atomic mass is 16.3. The Labute approximate surface area is 175 Å². The number of amides is 1. The van der Waals surface area contributed by atoms with Crippen molar-refractivity contribution in [3.8, 4) is 0 Å². The van der Waals surface area contributed by atoms with E-state index >= 15 is 0 Å². The molecule has 0 radical (unpaired) electrons. The highest BCUT2D eigenvalue weighted by Crippen LogP contribution is 2.08. The summed E-state index contributed by atoms with van der Waals surface area (Å²) in [5.41, 5.74) is 0. The van der Waals surface area contributed by atoms with Crippen LogP contribution in [0.3, 0.4) is 0 Å². The minimum atomic E-state index is -0.915. The summed E-state index contributed by atoms with van der Waals surface area (Å²) in [6.07, 6.45) is 22.3. The van der Waals surface area contributed by atoms with E-state index in [1.54, 1.807) is 6.08 Å². The number of hydrogen-bond donors (Lipinski definition) is 4. The highest BCUT2D eigenvalue weighted by molar-refractivity contribution is 5.75. The number of rotatable bonds is 15. The average molecular weight is 404 g/mol. The first-order chi connectivity index (χ1) is 14.0. The maximum Gasteiger partial charge on any atom is 0.220 e. The number of hydrogen-bond acceptors (Lipinski definition) is 4. The molecule has 0 rings (SSSR count). The van der Waals surface area contributed by atoms with Gasteiger partial charge < -0.3 is 20.6 Å². The SMILES string of the molecule is CC/C=C\C[C@H](O)/C=C/C=C\C=C\C=C\CC[C@@H](O)/C(O)=C/CCC(=O)NCC. The summed E-state index contributed by atoms with van der Waals surface area (Å²) in [7, 11) is 0. The number of nitrogens with one attached hydrogen (secondary N) is 1. The maximum absolute atomic E-state index is 11.3. The van der Waals surface area contributed by atoms with Crippen molar-refractivity contribution in [3.05, 3.63) is 72.6 Å². The van der Waals surface area contributed by atoms with Gasteiger partial charge in [0.25, 0.3) is 0 Å². The lowest BCUT2D eigenvalue weighted by molar-refractivity contribution is -0.120. The zero-order chi connectivity index (χ0) is 21.7. The van der Waals surface area contributed by atoms with E-state index in [1.807, 2.05) is 61.6 Å². The molecule has 0 spiro atoms. The van der Waals surface area contributed by atoms with Gasteiger partial charge in [0.15, 0.2) is 0 Å². The Balaban J connectivity index is 4.00. The third kappa shape index (κ3) is 17.5. The summed E-state index contributed by atoms with van der Waals surface area (Å²) in [5.74, 6) is -0.147. The first-order valence-electron chi connectivity index (χ1n) is 10.3. The second-order valence-electron chi connectivity index (χ2n) is 6.48. The summed E-state index contributed by atoms with van der Waals surface area (Å²) in [6.45, 7) is 4.50. The maximum atomic E-state index is 11.3. The minimum Gasteiger partial charge on any atom is -0.510 e. The molecule has 1 amide bonds. The summed E-state index contributed by atoms with van der Waals surface area (Å²) in [6, 6.07) is 0. The fraction of sp³-hybridized carbons (Fsp3) is 0.458. The molecular formula is C24H37NO4. The number of aliphatic hydroxyl groups excluding tert-OH is 3. The van der Waals surface area contributed by atoms with Crippen molar-refractivity contribution >= 4 is 5.91 Å². The number of aliphatic hydroxyl groups is 3. The summed E-state index contributed by atoms with van der Waals surface area (Å²) < 4.78 is 0. The lowest BCUT2D eigenvalue weighted by Crippen LogP contribution is -2.22. The zero-order valence-corrected chi connectivity index (χ0v) is 17.7. The van der Waals surface area contributed by atoms with Gasteiger partial charge in [-0.25, -0.2) is 0 Å². The molecule has 0 aromatic rings. The van der Waals surface area contributed by atoms with Crippen LogP contribution in [0.2, 0.25) is 0 Å². The monoisotopic (exact) mass is 403 g/mol. The normalized spacial score (nSPS) is 15.4. The van der Waals surface area contributed by atoms with Crippen LogP contribution in [0, 0.1) is 0 Å². The van der Waals surface area contributed by atoms with E-state index in [0.29, 0.717) is 38.6 Å². The van der Waals surface area contributed by atoms with Gasteiger partial charge >= 0.3 is 0 Å². The molecule has 0 bridgehead atoms. The Kier molecular flexibility index (Phi) is 17.4. The predicted molar refractivity (Wildman–Crippen MR) is 120 cm³/mol. The van der Waals surface area contributed by atoms with Crippen molar-refractivity contribution in [2.75, 3.05) is 6.54 Å². The fourth-order valence-corrected chi connectivity index (χ4v) is 2.28. The predicted octanol–water partition coefficient (Wildman–Crippen LogP) is 4.43. The van der Waals surface area contributed by atoms with Gasteiger partial charge in [-0.15, -0.1) is 0 Å². The molecular weight excluding hydrogens is 366 g/mol. The van der Waals surface area contributed by atoms with Crippen LogP contribution in [0.5, 0.6) is 0 Å². The molecule has 0 heterocycles. The Hall–Kier alpha value is -2.37. The Morgan fingerprint density at radius 2 is 1.62 bits per heavy atom. The molecule has 5 nitrogen and oxygen atoms in total. The Morgan fingerprint density at radius 1 is 0.931 bits per heavy atom. The smallest absolute Gasteiger partial charge is 0.220 e. The summed E-state index contributed by atoms with van der Waals surface area (Å²) >= 11 is 0. The third-order valence-corrected chi connectivity index (χ3v) is 3.85. The first-order valence-corrected chi connectivity index (χ1v) is 10.3. The molecule has 4 N–H and O–H groups in total. The summed E-state index contributed by atoms with van der Waals surface area (Å²) in [4.78, 5) is 11.3. The van der Waals surface area contributed by atoms with E-state index in [1.165, 1.54) is 6.08 Å². The van der Waals surface area contributed by atoms with Crippen LogP contribution >= 0.6 is 0 Å². The van der Waals surface area contributed by atoms with Gasteiger partial charge in [0.2, 0.25) is 5.91 Å². The molecule has 0 aliphatic carbocycles. The molecule has 0 saturated heterocycles. The quantitative estimate of drug-likeness (QED) is 0.185.